The molecule has 0 saturated carbocycles. The molecule has 0 radical (unpaired) electrons. The molecule has 0 heteroatoms. The van der Waals surface area contributed by atoms with Gasteiger partial charge in [0.15, 0.2) is 0 Å². The van der Waals surface area contributed by atoms with Crippen LogP contribution < -0.4 is 0 Å². The lowest BCUT2D eigenvalue weighted by Gasteiger charge is -2.00. The van der Waals surface area contributed by atoms with E-state index in [-0.39, 0.29) is 0 Å². The van der Waals surface area contributed by atoms with E-state index in [0.29, 0.717) is 5.92 Å². The van der Waals surface area contributed by atoms with Crippen molar-refractivity contribution >= 4 is 0 Å². The average Bonchev–Trinajstić information content (AvgIpc) is 1.84. The Morgan fingerprint density at radius 2 is 1.83 bits per heavy atom. The summed E-state index contributed by atoms with van der Waals surface area (Å²) in [7, 11) is 0. The van der Waals surface area contributed by atoms with Gasteiger partial charge in [-0.1, -0.05) is 50.5 Å². The quantitative estimate of drug-likeness (QED) is 0.545. The van der Waals surface area contributed by atoms with Crippen molar-refractivity contribution in [3.8, 4) is 0 Å². The van der Waals surface area contributed by atoms with Gasteiger partial charge < -0.3 is 0 Å². The Hall–Kier alpha value is -0.520. The van der Waals surface area contributed by atoms with E-state index in [0.717, 1.165) is 0 Å². The molecule has 12 heavy (non-hydrogen) atoms. The second-order valence-corrected chi connectivity index (χ2v) is 3.90. The fourth-order valence-corrected chi connectivity index (χ4v) is 1.43. The summed E-state index contributed by atoms with van der Waals surface area (Å²) < 4.78 is 0. The number of allylic oxidation sites excluding steroid dienone is 4. The highest BCUT2D eigenvalue weighted by atomic mass is 14.0. The molecule has 0 heterocycles. The first-order valence-corrected chi connectivity index (χ1v) is 4.91. The van der Waals surface area contributed by atoms with Gasteiger partial charge in [0.2, 0.25) is 0 Å². The molecule has 70 valence electrons. The van der Waals surface area contributed by atoms with Crippen LogP contribution in [0.1, 0.15) is 47.5 Å². The third-order valence-electron chi connectivity index (χ3n) is 1.71. The van der Waals surface area contributed by atoms with E-state index in [9.17, 15) is 0 Å². The SMILES string of the molecule is CCCC(C)=CC(C)=CC(C)C. The molecule has 0 aromatic rings. The molecular weight excluding hydrogens is 144 g/mol. The second kappa shape index (κ2) is 6.05. The molecule has 0 fully saturated rings. The van der Waals surface area contributed by atoms with Gasteiger partial charge in [-0.25, -0.2) is 0 Å². The van der Waals surface area contributed by atoms with Crippen molar-refractivity contribution in [1.82, 2.24) is 0 Å². The molecule has 0 atom stereocenters. The highest BCUT2D eigenvalue weighted by Gasteiger charge is 1.90. The molecule has 0 amide bonds. The second-order valence-electron chi connectivity index (χ2n) is 3.90. The normalized spacial score (nSPS) is 14.2. The van der Waals surface area contributed by atoms with Crippen molar-refractivity contribution in [2.45, 2.75) is 47.5 Å². The van der Waals surface area contributed by atoms with Crippen LogP contribution >= 0.6 is 0 Å². The zero-order valence-corrected chi connectivity index (χ0v) is 9.15. The summed E-state index contributed by atoms with van der Waals surface area (Å²) >= 11 is 0. The van der Waals surface area contributed by atoms with Crippen LogP contribution in [-0.2, 0) is 0 Å². The number of hydrogen-bond acceptors (Lipinski definition) is 0. The van der Waals surface area contributed by atoms with Gasteiger partial charge in [0.05, 0.1) is 0 Å². The van der Waals surface area contributed by atoms with Crippen molar-refractivity contribution in [3.63, 3.8) is 0 Å². The van der Waals surface area contributed by atoms with Crippen LogP contribution in [0.4, 0.5) is 0 Å². The Bertz CT molecular complexity index is 170. The molecule has 0 aliphatic carbocycles. The van der Waals surface area contributed by atoms with Crippen molar-refractivity contribution in [2.75, 3.05) is 0 Å². The van der Waals surface area contributed by atoms with Crippen molar-refractivity contribution in [1.29, 1.82) is 0 Å². The molecule has 0 saturated heterocycles. The van der Waals surface area contributed by atoms with Gasteiger partial charge in [-0.3, -0.25) is 0 Å². The van der Waals surface area contributed by atoms with Crippen LogP contribution in [0.25, 0.3) is 0 Å². The summed E-state index contributed by atoms with van der Waals surface area (Å²) in [4.78, 5) is 0. The van der Waals surface area contributed by atoms with Crippen molar-refractivity contribution in [2.24, 2.45) is 5.92 Å². The maximum absolute atomic E-state index is 2.30. The van der Waals surface area contributed by atoms with Gasteiger partial charge in [-0.2, -0.15) is 0 Å². The molecular formula is C12H22. The standard InChI is InChI=1S/C12H22/c1-6-7-11(4)9-12(5)8-10(2)3/h8-10H,6-7H2,1-5H3. The maximum Gasteiger partial charge on any atom is -0.0285 e. The van der Waals surface area contributed by atoms with Gasteiger partial charge in [0, 0.05) is 0 Å². The lowest BCUT2D eigenvalue weighted by molar-refractivity contribution is 0.824. The van der Waals surface area contributed by atoms with E-state index in [1.807, 2.05) is 0 Å². The number of hydrogen-bond donors (Lipinski definition) is 0. The Balaban J connectivity index is 4.12. The Morgan fingerprint density at radius 1 is 1.25 bits per heavy atom. The van der Waals surface area contributed by atoms with E-state index in [4.69, 9.17) is 0 Å². The molecule has 0 bridgehead atoms. The first kappa shape index (κ1) is 11.5. The minimum absolute atomic E-state index is 0.663. The minimum Gasteiger partial charge on any atom is -0.0790 e. The summed E-state index contributed by atoms with van der Waals surface area (Å²) in [5.74, 6) is 0.663. The summed E-state index contributed by atoms with van der Waals surface area (Å²) in [6, 6.07) is 0. The molecule has 0 aliphatic heterocycles. The summed E-state index contributed by atoms with van der Waals surface area (Å²) in [5, 5.41) is 0. The molecule has 0 rings (SSSR count). The predicted octanol–water partition coefficient (Wildman–Crippen LogP) is 4.34. The summed E-state index contributed by atoms with van der Waals surface area (Å²) in [6.07, 6.45) is 7.07. The third-order valence-corrected chi connectivity index (χ3v) is 1.71. The molecule has 0 unspecified atom stereocenters. The van der Waals surface area contributed by atoms with E-state index < -0.39 is 0 Å². The first-order chi connectivity index (χ1) is 5.56. The topological polar surface area (TPSA) is 0 Å². The van der Waals surface area contributed by atoms with Crippen molar-refractivity contribution in [3.05, 3.63) is 23.3 Å². The van der Waals surface area contributed by atoms with Gasteiger partial charge >= 0.3 is 0 Å². The monoisotopic (exact) mass is 166 g/mol. The van der Waals surface area contributed by atoms with Crippen LogP contribution in [0.15, 0.2) is 23.3 Å². The largest absolute Gasteiger partial charge is 0.0790 e. The lowest BCUT2D eigenvalue weighted by atomic mass is 10.1. The van der Waals surface area contributed by atoms with Crippen LogP contribution in [0.3, 0.4) is 0 Å². The lowest BCUT2D eigenvalue weighted by Crippen LogP contribution is -1.82. The number of rotatable bonds is 4. The Kier molecular flexibility index (Phi) is 5.79. The van der Waals surface area contributed by atoms with Gasteiger partial charge in [-0.15, -0.1) is 0 Å². The fourth-order valence-electron chi connectivity index (χ4n) is 1.43. The van der Waals surface area contributed by atoms with E-state index >= 15 is 0 Å². The van der Waals surface area contributed by atoms with Crippen molar-refractivity contribution < 1.29 is 0 Å². The van der Waals surface area contributed by atoms with Gasteiger partial charge in [0.25, 0.3) is 0 Å². The van der Waals surface area contributed by atoms with Gasteiger partial charge in [0.1, 0.15) is 0 Å². The molecule has 0 spiro atoms. The molecule has 0 aromatic carbocycles. The van der Waals surface area contributed by atoms with E-state index in [2.05, 4.69) is 46.8 Å². The zero-order valence-electron chi connectivity index (χ0n) is 9.15. The van der Waals surface area contributed by atoms with E-state index in [1.54, 1.807) is 0 Å². The maximum atomic E-state index is 2.30. The zero-order chi connectivity index (χ0) is 9.56. The minimum atomic E-state index is 0.663. The Labute approximate surface area is 77.4 Å². The highest BCUT2D eigenvalue weighted by molar-refractivity contribution is 5.20. The Morgan fingerprint density at radius 3 is 2.25 bits per heavy atom. The first-order valence-electron chi connectivity index (χ1n) is 4.91. The molecule has 0 nitrogen and oxygen atoms in total. The van der Waals surface area contributed by atoms with Gasteiger partial charge in [-0.05, 0) is 26.2 Å². The van der Waals surface area contributed by atoms with Crippen LogP contribution in [0.2, 0.25) is 0 Å². The predicted molar refractivity (Wildman–Crippen MR) is 57.3 cm³/mol. The average molecular weight is 166 g/mol. The highest BCUT2D eigenvalue weighted by Crippen LogP contribution is 2.09. The summed E-state index contributed by atoms with van der Waals surface area (Å²) in [5.41, 5.74) is 2.89. The fraction of sp³-hybridized carbons (Fsp3) is 0.667. The molecule has 0 N–H and O–H groups in total. The molecule has 0 aromatic heterocycles. The smallest absolute Gasteiger partial charge is 0.0285 e. The summed E-state index contributed by atoms with van der Waals surface area (Å²) in [6.45, 7) is 11.0. The van der Waals surface area contributed by atoms with Crippen LogP contribution in [-0.4, -0.2) is 0 Å². The van der Waals surface area contributed by atoms with E-state index in [1.165, 1.54) is 24.0 Å². The van der Waals surface area contributed by atoms with Crippen LogP contribution in [0.5, 0.6) is 0 Å². The van der Waals surface area contributed by atoms with Crippen LogP contribution in [0, 0.1) is 5.92 Å². The third kappa shape index (κ3) is 6.21. The molecule has 0 aliphatic rings.